The van der Waals surface area contributed by atoms with Crippen molar-refractivity contribution in [2.45, 2.75) is 0 Å². The molecule has 0 heterocycles. The fourth-order valence-electron chi connectivity index (χ4n) is 0.357. The van der Waals surface area contributed by atoms with E-state index in [1.165, 1.54) is 0 Å². The molecule has 46 heavy (non-hydrogen) atoms. The molecule has 0 fully saturated rings. The summed E-state index contributed by atoms with van der Waals surface area (Å²) >= 11 is -18.8. The predicted octanol–water partition coefficient (Wildman–Crippen LogP) is -15.6. The monoisotopic (exact) mass is 1120 g/mol. The second-order valence-electron chi connectivity index (χ2n) is 4.26. The van der Waals surface area contributed by atoms with Crippen molar-refractivity contribution in [1.29, 1.82) is 0 Å². The Hall–Kier alpha value is 3.53. The third-order valence-electron chi connectivity index (χ3n) is 0.565. The summed E-state index contributed by atoms with van der Waals surface area (Å²) in [5, 5.41) is 0. The molecule has 46 heteroatoms. The smallest absolute Gasteiger partial charge is 0.822 e. The summed E-state index contributed by atoms with van der Waals surface area (Å²) in [6, 6.07) is 0. The van der Waals surface area contributed by atoms with Crippen LogP contribution >= 0.6 is 46.9 Å². The van der Waals surface area contributed by atoms with Crippen molar-refractivity contribution in [3.63, 3.8) is 0 Å². The molecule has 0 aliphatic heterocycles. The quantitative estimate of drug-likeness (QED) is 0.106. The van der Waals surface area contributed by atoms with Crippen molar-refractivity contribution in [3.8, 4) is 0 Å². The molecule has 0 aromatic carbocycles. The van der Waals surface area contributed by atoms with Crippen molar-refractivity contribution < 1.29 is 192 Å². The molecule has 0 saturated heterocycles. The summed E-state index contributed by atoms with van der Waals surface area (Å²) < 4.78 is 148. The van der Waals surface area contributed by atoms with Gasteiger partial charge in [0.1, 0.15) is 0 Å². The Kier molecular flexibility index (Phi) is 48.6. The van der Waals surface area contributed by atoms with E-state index in [0.717, 1.165) is 0 Å². The number of rotatable bonds is 6. The molecular weight excluding hydrogens is 1110 g/mol. The van der Waals surface area contributed by atoms with Crippen molar-refractivity contribution in [2.75, 3.05) is 0 Å². The zero-order valence-corrected chi connectivity index (χ0v) is 35.9. The maximum absolute atomic E-state index is 9.57. The van der Waals surface area contributed by atoms with Crippen LogP contribution in [0.4, 0.5) is 0 Å². The van der Waals surface area contributed by atoms with Crippen LogP contribution in [0.5, 0.6) is 0 Å². The molecule has 0 amide bonds. The number of phosphoric acid groups is 6. The zero-order chi connectivity index (χ0) is 36.6. The second kappa shape index (κ2) is 29.9. The first kappa shape index (κ1) is 74.7. The van der Waals surface area contributed by atoms with E-state index >= 15 is 0 Å². The first-order chi connectivity index (χ1) is 17.1. The van der Waals surface area contributed by atoms with E-state index in [4.69, 9.17) is 87.1 Å². The summed E-state index contributed by atoms with van der Waals surface area (Å²) in [5.74, 6) is 0. The molecule has 33 nitrogen and oxygen atoms in total. The van der Waals surface area contributed by atoms with Gasteiger partial charge in [-0.05, 0) is 0 Å². The van der Waals surface area contributed by atoms with Gasteiger partial charge in [-0.15, -0.1) is 0 Å². The average molecular weight is 1120 g/mol. The maximum atomic E-state index is 9.57. The predicted molar refractivity (Wildman–Crippen MR) is 89.3 cm³/mol. The van der Waals surface area contributed by atoms with Crippen LogP contribution in [0.25, 0.3) is 0 Å². The first-order valence-electron chi connectivity index (χ1n) is 6.49. The minimum Gasteiger partial charge on any atom is -0.822 e. The molecule has 0 spiro atoms. The number of hydrogen-bond acceptors (Lipinski definition) is 27. The zero-order valence-electron chi connectivity index (χ0n) is 19.9. The van der Waals surface area contributed by atoms with E-state index in [-0.39, 0.29) is 69.4 Å². The van der Waals surface area contributed by atoms with Gasteiger partial charge in [0.25, 0.3) is 0 Å². The summed E-state index contributed by atoms with van der Waals surface area (Å²) in [6.45, 7) is 0. The molecule has 0 rings (SSSR count). The molecule has 6 N–H and O–H groups in total. The van der Waals surface area contributed by atoms with E-state index in [1.54, 1.807) is 0 Å². The second-order valence-corrected chi connectivity index (χ2v) is 19.7. The average Bonchev–Trinajstić information content (AvgIpc) is 2.27. The Morgan fingerprint density at radius 3 is 0.413 bits per heavy atom. The SMILES string of the molecule is O=P(O)(O)[O][Mo](=[O])(=[O])[O-].O=P(O)(O)[O][Mo](=[O])(=[O])[O-].O=P(O)(O)[O][Mo](=[O])(=[O])[O-].O=P([O-])([O-])[O-].O=P([O-])([O-])[O-].O=P([O-])([O-])[O-].[Al+3].[Al+3].[Al+3].[Al+3]. The Bertz CT molecular complexity index is 1170. The van der Waals surface area contributed by atoms with E-state index < -0.39 is 97.2 Å². The van der Waals surface area contributed by atoms with Crippen LogP contribution < -0.4 is 55.3 Å². The fourth-order valence-corrected chi connectivity index (χ4v) is 6.33. The summed E-state index contributed by atoms with van der Waals surface area (Å²) in [5.41, 5.74) is 0. The molecule has 264 valence electrons. The van der Waals surface area contributed by atoms with Crippen LogP contribution in [0.2, 0.25) is 0 Å². The molecule has 0 radical (unpaired) electrons. The molecule has 0 saturated carbocycles. The topological polar surface area (TPSA) is 631 Å². The molecule has 0 aliphatic rings. The molecule has 0 aromatic heterocycles. The minimum atomic E-state index is -6.28. The summed E-state index contributed by atoms with van der Waals surface area (Å²) in [4.78, 5) is 123. The van der Waals surface area contributed by atoms with Gasteiger partial charge in [0.2, 0.25) is 0 Å². The first-order valence-corrected chi connectivity index (χ1v) is 25.3. The van der Waals surface area contributed by atoms with Crippen LogP contribution in [0.3, 0.4) is 0 Å². The van der Waals surface area contributed by atoms with Gasteiger partial charge >= 0.3 is 227 Å². The van der Waals surface area contributed by atoms with E-state index in [1.807, 2.05) is 0 Å². The van der Waals surface area contributed by atoms with Crippen molar-refractivity contribution >= 4 is 116 Å². The van der Waals surface area contributed by atoms with Gasteiger partial charge in [-0.25, -0.2) is 0 Å². The van der Waals surface area contributed by atoms with Gasteiger partial charge < -0.3 is 57.7 Å². The standard InChI is InChI=1S/4Al.3Mo.6H3O4P.9O/c;;;;;;;6*1-5(2,3)4;;;;;;;;;/h;;;;;;;6*(H3,1,2,3,4);;;;;;;;;/q4*+3;3*+1;;;;;;;;;;;;;3*-1/p-12. The van der Waals surface area contributed by atoms with Crippen LogP contribution in [0, 0.1) is 0 Å². The van der Waals surface area contributed by atoms with Crippen LogP contribution in [-0.4, -0.2) is 98.8 Å². The Labute approximate surface area is 305 Å². The van der Waals surface area contributed by atoms with Crippen molar-refractivity contribution in [1.82, 2.24) is 0 Å². The van der Waals surface area contributed by atoms with E-state index in [2.05, 4.69) is 9.53 Å². The normalized spacial score (nSPS) is 11.9. The molecular formula is H6Al4Mo3O33P6. The van der Waals surface area contributed by atoms with E-state index in [0.29, 0.717) is 0 Å². The third-order valence-corrected chi connectivity index (χ3v) is 10.0. The van der Waals surface area contributed by atoms with Crippen LogP contribution in [0.1, 0.15) is 0 Å². The van der Waals surface area contributed by atoms with Crippen molar-refractivity contribution in [2.24, 2.45) is 0 Å². The maximum Gasteiger partial charge on any atom is 3.00 e. The Morgan fingerprint density at radius 1 is 0.348 bits per heavy atom. The van der Waals surface area contributed by atoms with Gasteiger partial charge in [0.05, 0.1) is 0 Å². The van der Waals surface area contributed by atoms with Crippen LogP contribution in [-0.2, 0) is 108 Å². The van der Waals surface area contributed by atoms with Gasteiger partial charge in [0, 0.05) is 0 Å². The van der Waals surface area contributed by atoms with E-state index in [9.17, 15) is 45.4 Å². The fraction of sp³-hybridized carbons (Fsp3) is 0. The van der Waals surface area contributed by atoms with Gasteiger partial charge in [-0.1, -0.05) is 0 Å². The molecule has 0 aromatic rings. The van der Waals surface area contributed by atoms with Gasteiger partial charge in [-0.3, -0.25) is 0 Å². The van der Waals surface area contributed by atoms with Gasteiger partial charge in [0.15, 0.2) is 0 Å². The summed E-state index contributed by atoms with van der Waals surface area (Å²) in [7, 11) is -31.6. The molecule has 0 aliphatic carbocycles. The number of hydrogen-bond donors (Lipinski definition) is 6. The molecule has 0 atom stereocenters. The van der Waals surface area contributed by atoms with Crippen molar-refractivity contribution in [3.05, 3.63) is 0 Å². The third kappa shape index (κ3) is 222. The molecule has 0 unspecified atom stereocenters. The largest absolute Gasteiger partial charge is 3.00 e. The van der Waals surface area contributed by atoms with Crippen LogP contribution in [0.15, 0.2) is 0 Å². The Morgan fingerprint density at radius 2 is 0.413 bits per heavy atom. The minimum absolute atomic E-state index is 0. The summed E-state index contributed by atoms with van der Waals surface area (Å²) in [6.07, 6.45) is 0. The Balaban J connectivity index is -0.0000000424. The molecule has 0 bridgehead atoms. The van der Waals surface area contributed by atoms with Gasteiger partial charge in [-0.2, -0.15) is 23.5 Å².